The summed E-state index contributed by atoms with van der Waals surface area (Å²) in [5.41, 5.74) is 2.17. The van der Waals surface area contributed by atoms with Crippen molar-refractivity contribution in [2.24, 2.45) is 0 Å². The van der Waals surface area contributed by atoms with Crippen LogP contribution in [0.15, 0.2) is 35.5 Å². The van der Waals surface area contributed by atoms with Gasteiger partial charge in [-0.1, -0.05) is 23.7 Å². The van der Waals surface area contributed by atoms with Crippen LogP contribution in [0.3, 0.4) is 0 Å². The maximum Gasteiger partial charge on any atom is 0.337 e. The first-order valence-electron chi connectivity index (χ1n) is 7.54. The Morgan fingerprint density at radius 1 is 1.39 bits per heavy atom. The summed E-state index contributed by atoms with van der Waals surface area (Å²) in [4.78, 5) is 23.5. The van der Waals surface area contributed by atoms with Gasteiger partial charge in [0.25, 0.3) is 0 Å². The number of urea groups is 1. The van der Waals surface area contributed by atoms with Gasteiger partial charge in [-0.2, -0.15) is 0 Å². The number of hydrogen-bond donors (Lipinski definition) is 3. The van der Waals surface area contributed by atoms with Gasteiger partial charge < -0.3 is 20.7 Å². The summed E-state index contributed by atoms with van der Waals surface area (Å²) in [5.74, 6) is -0.400. The third kappa shape index (κ3) is 4.71. The molecule has 1 heterocycles. The molecule has 0 saturated carbocycles. The third-order valence-electron chi connectivity index (χ3n) is 3.65. The number of benzene rings is 1. The summed E-state index contributed by atoms with van der Waals surface area (Å²) in [7, 11) is 0. The van der Waals surface area contributed by atoms with Crippen LogP contribution in [0.5, 0.6) is 0 Å². The molecule has 124 valence electrons. The Hall–Kier alpha value is -2.05. The van der Waals surface area contributed by atoms with E-state index in [-0.39, 0.29) is 18.6 Å². The summed E-state index contributed by atoms with van der Waals surface area (Å²) in [6.45, 7) is 4.77. The maximum atomic E-state index is 12.0. The molecule has 2 amide bonds. The highest BCUT2D eigenvalue weighted by atomic mass is 35.5. The smallest absolute Gasteiger partial charge is 0.337 e. The molecule has 1 aliphatic rings. The summed E-state index contributed by atoms with van der Waals surface area (Å²) < 4.78 is 5.03. The minimum atomic E-state index is -0.400. The second kappa shape index (κ2) is 7.99. The number of amides is 2. The summed E-state index contributed by atoms with van der Waals surface area (Å²) in [6.07, 6.45) is 0. The molecule has 4 N–H and O–H groups in total. The van der Waals surface area contributed by atoms with Crippen molar-refractivity contribution >= 4 is 23.6 Å². The molecule has 0 fully saturated rings. The average molecular weight is 339 g/mol. The first-order valence-corrected chi connectivity index (χ1v) is 7.91. The fourth-order valence-electron chi connectivity index (χ4n) is 2.32. The van der Waals surface area contributed by atoms with Gasteiger partial charge in [0.15, 0.2) is 0 Å². The zero-order valence-corrected chi connectivity index (χ0v) is 13.9. The number of halogens is 1. The number of rotatable bonds is 6. The highest BCUT2D eigenvalue weighted by molar-refractivity contribution is 6.30. The van der Waals surface area contributed by atoms with Crippen molar-refractivity contribution in [3.8, 4) is 0 Å². The number of nitrogens with two attached hydrogens (primary N) is 1. The van der Waals surface area contributed by atoms with E-state index in [9.17, 15) is 9.59 Å². The molecular formula is C16H21ClN3O3+. The lowest BCUT2D eigenvalue weighted by atomic mass is 10.1. The van der Waals surface area contributed by atoms with Gasteiger partial charge in [-0.05, 0) is 26.0 Å². The van der Waals surface area contributed by atoms with Crippen molar-refractivity contribution in [2.45, 2.75) is 19.9 Å². The average Bonchev–Trinajstić information content (AvgIpc) is 2.53. The number of carbonyl (C=O) groups is 2. The second-order valence-corrected chi connectivity index (χ2v) is 5.70. The molecule has 1 aromatic carbocycles. The van der Waals surface area contributed by atoms with Crippen LogP contribution in [-0.4, -0.2) is 31.7 Å². The molecule has 23 heavy (non-hydrogen) atoms. The van der Waals surface area contributed by atoms with Gasteiger partial charge in [-0.25, -0.2) is 9.59 Å². The molecule has 0 unspecified atom stereocenters. The largest absolute Gasteiger partial charge is 0.463 e. The Morgan fingerprint density at radius 2 is 2.09 bits per heavy atom. The highest BCUT2D eigenvalue weighted by Gasteiger charge is 2.25. The van der Waals surface area contributed by atoms with Crippen LogP contribution in [-0.2, 0) is 9.53 Å². The van der Waals surface area contributed by atoms with Gasteiger partial charge in [-0.15, -0.1) is 0 Å². The van der Waals surface area contributed by atoms with Crippen molar-refractivity contribution in [3.05, 3.63) is 46.1 Å². The van der Waals surface area contributed by atoms with E-state index in [1.807, 2.05) is 29.6 Å². The lowest BCUT2D eigenvalue weighted by Crippen LogP contribution is -2.86. The third-order valence-corrected chi connectivity index (χ3v) is 3.90. The Labute approximate surface area is 140 Å². The second-order valence-electron chi connectivity index (χ2n) is 5.27. The van der Waals surface area contributed by atoms with Crippen LogP contribution in [0.2, 0.25) is 5.02 Å². The molecule has 7 heteroatoms. The fraction of sp³-hybridized carbons (Fsp3) is 0.375. The first kappa shape index (κ1) is 17.3. The number of carbonyl (C=O) groups excluding carboxylic acids is 2. The van der Waals surface area contributed by atoms with E-state index in [1.165, 1.54) is 0 Å². The minimum absolute atomic E-state index is 0.162. The van der Waals surface area contributed by atoms with Crippen molar-refractivity contribution < 1.29 is 19.6 Å². The van der Waals surface area contributed by atoms with Gasteiger partial charge in [-0.3, -0.25) is 0 Å². The number of quaternary nitrogens is 1. The summed E-state index contributed by atoms with van der Waals surface area (Å²) >= 11 is 5.89. The Balaban J connectivity index is 2.06. The zero-order chi connectivity index (χ0) is 16.8. The van der Waals surface area contributed by atoms with Gasteiger partial charge in [0.2, 0.25) is 0 Å². The van der Waals surface area contributed by atoms with E-state index in [2.05, 4.69) is 17.6 Å². The monoisotopic (exact) mass is 338 g/mol. The van der Waals surface area contributed by atoms with E-state index < -0.39 is 5.97 Å². The first-order chi connectivity index (χ1) is 11.0. The standard InChI is InChI=1S/C16H20ClN3O3/c1-3-23-15(21)13-8-19-16(22)20-14(13)9-18-10(2)11-4-6-12(17)7-5-11/h4-7,10,18H,3,8-9H2,1-2H3,(H2,19,20,22)/p+1/t10-/m1/s1. The molecule has 0 radical (unpaired) electrons. The van der Waals surface area contributed by atoms with E-state index in [1.54, 1.807) is 6.92 Å². The van der Waals surface area contributed by atoms with Crippen LogP contribution in [0.4, 0.5) is 4.79 Å². The van der Waals surface area contributed by atoms with Crippen molar-refractivity contribution in [1.82, 2.24) is 10.6 Å². The normalized spacial score (nSPS) is 15.7. The molecule has 0 spiro atoms. The molecular weight excluding hydrogens is 318 g/mol. The number of esters is 1. The fourth-order valence-corrected chi connectivity index (χ4v) is 2.44. The molecule has 6 nitrogen and oxygen atoms in total. The molecule has 1 atom stereocenters. The highest BCUT2D eigenvalue weighted by Crippen LogP contribution is 2.13. The van der Waals surface area contributed by atoms with E-state index in [0.717, 1.165) is 5.56 Å². The molecule has 1 aliphatic heterocycles. The van der Waals surface area contributed by atoms with Crippen LogP contribution < -0.4 is 16.0 Å². The molecule has 1 aromatic rings. The Kier molecular flexibility index (Phi) is 6.01. The maximum absolute atomic E-state index is 12.0. The predicted octanol–water partition coefficient (Wildman–Crippen LogP) is 1.09. The van der Waals surface area contributed by atoms with Gasteiger partial charge in [0.05, 0.1) is 24.4 Å². The van der Waals surface area contributed by atoms with Crippen LogP contribution >= 0.6 is 11.6 Å². The quantitative estimate of drug-likeness (QED) is 0.679. The molecule has 0 saturated heterocycles. The molecule has 0 aliphatic carbocycles. The topological polar surface area (TPSA) is 84.0 Å². The number of ether oxygens (including phenoxy) is 1. The SMILES string of the molecule is CCOC(=O)C1=C(C[NH2+][C@H](C)c2ccc(Cl)cc2)NC(=O)NC1. The van der Waals surface area contributed by atoms with E-state index >= 15 is 0 Å². The van der Waals surface area contributed by atoms with Crippen LogP contribution in [0.25, 0.3) is 0 Å². The van der Waals surface area contributed by atoms with Gasteiger partial charge in [0, 0.05) is 10.6 Å². The lowest BCUT2D eigenvalue weighted by Gasteiger charge is -2.21. The van der Waals surface area contributed by atoms with Crippen LogP contribution in [0, 0.1) is 0 Å². The molecule has 0 bridgehead atoms. The Morgan fingerprint density at radius 3 is 2.74 bits per heavy atom. The van der Waals surface area contributed by atoms with Gasteiger partial charge >= 0.3 is 12.0 Å². The van der Waals surface area contributed by atoms with Gasteiger partial charge in [0.1, 0.15) is 12.6 Å². The van der Waals surface area contributed by atoms with Crippen LogP contribution in [0.1, 0.15) is 25.5 Å². The van der Waals surface area contributed by atoms with Crippen molar-refractivity contribution in [1.29, 1.82) is 0 Å². The zero-order valence-electron chi connectivity index (χ0n) is 13.2. The van der Waals surface area contributed by atoms with E-state index in [0.29, 0.717) is 29.4 Å². The molecule has 0 aromatic heterocycles. The number of hydrogen-bond acceptors (Lipinski definition) is 3. The predicted molar refractivity (Wildman–Crippen MR) is 86.9 cm³/mol. The summed E-state index contributed by atoms with van der Waals surface area (Å²) in [6, 6.07) is 7.47. The van der Waals surface area contributed by atoms with Crippen molar-refractivity contribution in [3.63, 3.8) is 0 Å². The Bertz CT molecular complexity index is 614. The minimum Gasteiger partial charge on any atom is -0.463 e. The van der Waals surface area contributed by atoms with E-state index in [4.69, 9.17) is 16.3 Å². The number of nitrogens with one attached hydrogen (secondary N) is 2. The lowest BCUT2D eigenvalue weighted by molar-refractivity contribution is -0.686. The van der Waals surface area contributed by atoms with Crippen molar-refractivity contribution in [2.75, 3.05) is 19.7 Å². The molecule has 2 rings (SSSR count). The summed E-state index contributed by atoms with van der Waals surface area (Å²) in [5, 5.41) is 8.03.